The molecule has 1 aliphatic rings. The monoisotopic (exact) mass is 202 g/mol. The molecule has 1 aromatic carbocycles. The van der Waals surface area contributed by atoms with Crippen LogP contribution in [-0.2, 0) is 4.79 Å². The highest BCUT2D eigenvalue weighted by Gasteiger charge is 2.20. The third-order valence-electron chi connectivity index (χ3n) is 3.45. The first-order valence-corrected chi connectivity index (χ1v) is 5.90. The van der Waals surface area contributed by atoms with Gasteiger partial charge in [0.15, 0.2) is 0 Å². The molecule has 0 heterocycles. The third-order valence-corrected chi connectivity index (χ3v) is 3.45. The van der Waals surface area contributed by atoms with E-state index in [-0.39, 0.29) is 5.92 Å². The van der Waals surface area contributed by atoms with Crippen molar-refractivity contribution >= 4 is 6.29 Å². The van der Waals surface area contributed by atoms with Gasteiger partial charge >= 0.3 is 0 Å². The minimum absolute atomic E-state index is 0.120. The normalized spacial score (nSPS) is 18.9. The minimum atomic E-state index is 0.120. The molecule has 0 aliphatic heterocycles. The van der Waals surface area contributed by atoms with Crippen molar-refractivity contribution in [3.63, 3.8) is 0 Å². The molecule has 1 atom stereocenters. The van der Waals surface area contributed by atoms with Crippen LogP contribution in [0.2, 0.25) is 0 Å². The van der Waals surface area contributed by atoms with Crippen LogP contribution >= 0.6 is 0 Å². The van der Waals surface area contributed by atoms with E-state index >= 15 is 0 Å². The third kappa shape index (κ3) is 2.68. The van der Waals surface area contributed by atoms with Crippen LogP contribution in [0.4, 0.5) is 0 Å². The van der Waals surface area contributed by atoms with Gasteiger partial charge in [0.25, 0.3) is 0 Å². The van der Waals surface area contributed by atoms with Gasteiger partial charge in [-0.2, -0.15) is 0 Å². The average Bonchev–Trinajstić information content (AvgIpc) is 2.80. The second-order valence-electron chi connectivity index (χ2n) is 4.54. The summed E-state index contributed by atoms with van der Waals surface area (Å²) in [5, 5.41) is 0. The fourth-order valence-electron chi connectivity index (χ4n) is 2.58. The molecule has 1 saturated carbocycles. The molecule has 1 heteroatoms. The van der Waals surface area contributed by atoms with Gasteiger partial charge in [-0.15, -0.1) is 0 Å². The van der Waals surface area contributed by atoms with Crippen LogP contribution in [0.3, 0.4) is 0 Å². The highest BCUT2D eigenvalue weighted by Crippen LogP contribution is 2.33. The zero-order valence-electron chi connectivity index (χ0n) is 9.06. The van der Waals surface area contributed by atoms with Crippen molar-refractivity contribution in [1.29, 1.82) is 0 Å². The zero-order chi connectivity index (χ0) is 10.5. The highest BCUT2D eigenvalue weighted by molar-refractivity contribution is 5.62. The van der Waals surface area contributed by atoms with E-state index in [4.69, 9.17) is 0 Å². The molecule has 0 radical (unpaired) electrons. The number of benzene rings is 1. The van der Waals surface area contributed by atoms with Crippen LogP contribution in [-0.4, -0.2) is 6.29 Å². The smallest absolute Gasteiger partial charge is 0.127 e. The molecule has 0 N–H and O–H groups in total. The van der Waals surface area contributed by atoms with Crippen molar-refractivity contribution in [3.8, 4) is 0 Å². The quantitative estimate of drug-likeness (QED) is 0.682. The molecule has 15 heavy (non-hydrogen) atoms. The van der Waals surface area contributed by atoms with E-state index < -0.39 is 0 Å². The SMILES string of the molecule is O=CC(CC1CCCC1)c1ccccc1. The van der Waals surface area contributed by atoms with E-state index in [1.807, 2.05) is 18.2 Å². The molecule has 0 spiro atoms. The van der Waals surface area contributed by atoms with E-state index in [0.717, 1.165) is 18.6 Å². The molecule has 1 aliphatic carbocycles. The van der Waals surface area contributed by atoms with Crippen molar-refractivity contribution in [2.45, 2.75) is 38.0 Å². The molecule has 1 nitrogen and oxygen atoms in total. The lowest BCUT2D eigenvalue weighted by molar-refractivity contribution is -0.109. The largest absolute Gasteiger partial charge is 0.303 e. The minimum Gasteiger partial charge on any atom is -0.303 e. The van der Waals surface area contributed by atoms with Gasteiger partial charge in [0.1, 0.15) is 6.29 Å². The van der Waals surface area contributed by atoms with Crippen LogP contribution in [0.5, 0.6) is 0 Å². The lowest BCUT2D eigenvalue weighted by Gasteiger charge is -2.15. The second kappa shape index (κ2) is 5.11. The Morgan fingerprint density at radius 1 is 1.20 bits per heavy atom. The van der Waals surface area contributed by atoms with Gasteiger partial charge in [0.05, 0.1) is 0 Å². The summed E-state index contributed by atoms with van der Waals surface area (Å²) < 4.78 is 0. The number of rotatable bonds is 4. The maximum atomic E-state index is 11.1. The van der Waals surface area contributed by atoms with Crippen LogP contribution < -0.4 is 0 Å². The summed E-state index contributed by atoms with van der Waals surface area (Å²) in [6.45, 7) is 0. The Balaban J connectivity index is 2.01. The van der Waals surface area contributed by atoms with Gasteiger partial charge in [0, 0.05) is 5.92 Å². The van der Waals surface area contributed by atoms with Gasteiger partial charge in [0.2, 0.25) is 0 Å². The van der Waals surface area contributed by atoms with Gasteiger partial charge in [-0.25, -0.2) is 0 Å². The van der Waals surface area contributed by atoms with Crippen molar-refractivity contribution < 1.29 is 4.79 Å². The van der Waals surface area contributed by atoms with Crippen molar-refractivity contribution in [3.05, 3.63) is 35.9 Å². The maximum Gasteiger partial charge on any atom is 0.127 e. The summed E-state index contributed by atoms with van der Waals surface area (Å²) in [7, 11) is 0. The standard InChI is InChI=1S/C14H18O/c15-11-14(10-12-6-4-5-7-12)13-8-2-1-3-9-13/h1-3,8-9,11-12,14H,4-7,10H2. The van der Waals surface area contributed by atoms with Gasteiger partial charge in [-0.05, 0) is 17.9 Å². The molecular weight excluding hydrogens is 184 g/mol. The first-order valence-electron chi connectivity index (χ1n) is 5.90. The number of carbonyl (C=O) groups excluding carboxylic acids is 1. The number of aldehydes is 1. The molecule has 0 saturated heterocycles. The Morgan fingerprint density at radius 2 is 1.87 bits per heavy atom. The molecular formula is C14H18O. The van der Waals surface area contributed by atoms with Crippen molar-refractivity contribution in [2.24, 2.45) is 5.92 Å². The lowest BCUT2D eigenvalue weighted by Crippen LogP contribution is -2.06. The maximum absolute atomic E-state index is 11.1. The second-order valence-corrected chi connectivity index (χ2v) is 4.54. The number of hydrogen-bond donors (Lipinski definition) is 0. The Morgan fingerprint density at radius 3 is 2.47 bits per heavy atom. The Hall–Kier alpha value is -1.11. The van der Waals surface area contributed by atoms with E-state index in [9.17, 15) is 4.79 Å². The Labute approximate surface area is 91.5 Å². The molecule has 80 valence electrons. The topological polar surface area (TPSA) is 17.1 Å². The number of hydrogen-bond acceptors (Lipinski definition) is 1. The summed E-state index contributed by atoms with van der Waals surface area (Å²) in [6, 6.07) is 10.2. The lowest BCUT2D eigenvalue weighted by atomic mass is 9.89. The Kier molecular flexibility index (Phi) is 3.54. The molecule has 1 aromatic rings. The summed E-state index contributed by atoms with van der Waals surface area (Å²) in [4.78, 5) is 11.1. The van der Waals surface area contributed by atoms with E-state index in [0.29, 0.717) is 0 Å². The Bertz CT molecular complexity index is 298. The van der Waals surface area contributed by atoms with E-state index in [1.54, 1.807) is 0 Å². The van der Waals surface area contributed by atoms with Crippen LogP contribution in [0.25, 0.3) is 0 Å². The summed E-state index contributed by atoms with van der Waals surface area (Å²) in [5.41, 5.74) is 1.18. The number of carbonyl (C=O) groups is 1. The van der Waals surface area contributed by atoms with Gasteiger partial charge < -0.3 is 4.79 Å². The molecule has 0 bridgehead atoms. The first-order chi connectivity index (χ1) is 7.40. The fourth-order valence-corrected chi connectivity index (χ4v) is 2.58. The average molecular weight is 202 g/mol. The molecule has 0 aromatic heterocycles. The van der Waals surface area contributed by atoms with Crippen molar-refractivity contribution in [1.82, 2.24) is 0 Å². The van der Waals surface area contributed by atoms with Crippen LogP contribution in [0, 0.1) is 5.92 Å². The predicted molar refractivity (Wildman–Crippen MR) is 61.8 cm³/mol. The molecule has 1 fully saturated rings. The fraction of sp³-hybridized carbons (Fsp3) is 0.500. The van der Waals surface area contributed by atoms with Crippen molar-refractivity contribution in [2.75, 3.05) is 0 Å². The summed E-state index contributed by atoms with van der Waals surface area (Å²) in [5.74, 6) is 0.898. The summed E-state index contributed by atoms with van der Waals surface area (Å²) in [6.07, 6.45) is 7.51. The van der Waals surface area contributed by atoms with Crippen LogP contribution in [0.15, 0.2) is 30.3 Å². The molecule has 0 amide bonds. The van der Waals surface area contributed by atoms with E-state index in [1.165, 1.54) is 31.2 Å². The molecule has 2 rings (SSSR count). The predicted octanol–water partition coefficient (Wildman–Crippen LogP) is 3.55. The summed E-state index contributed by atoms with van der Waals surface area (Å²) >= 11 is 0. The first kappa shape index (κ1) is 10.4. The van der Waals surface area contributed by atoms with Crippen LogP contribution in [0.1, 0.15) is 43.6 Å². The zero-order valence-corrected chi connectivity index (χ0v) is 9.06. The highest BCUT2D eigenvalue weighted by atomic mass is 16.1. The van der Waals surface area contributed by atoms with Gasteiger partial charge in [-0.1, -0.05) is 56.0 Å². The molecule has 1 unspecified atom stereocenters. The van der Waals surface area contributed by atoms with Gasteiger partial charge in [-0.3, -0.25) is 0 Å². The van der Waals surface area contributed by atoms with E-state index in [2.05, 4.69) is 12.1 Å².